The van der Waals surface area contributed by atoms with Crippen molar-refractivity contribution in [2.45, 2.75) is 133 Å². The van der Waals surface area contributed by atoms with Crippen molar-refractivity contribution in [3.63, 3.8) is 0 Å². The number of alkyl halides is 3. The van der Waals surface area contributed by atoms with Crippen LogP contribution in [0.25, 0.3) is 0 Å². The molecule has 18 heteroatoms. The van der Waals surface area contributed by atoms with E-state index in [2.05, 4.69) is 16.0 Å². The molecule has 14 nitrogen and oxygen atoms in total. The molecule has 6 rings (SSSR count). The maximum Gasteiger partial charge on any atom is 0.416 e. The number of rotatable bonds is 8. The molecule has 4 fully saturated rings. The number of alkyl carbamates (subject to hydrolysis) is 1. The summed E-state index contributed by atoms with van der Waals surface area (Å²) in [5.41, 5.74) is -0.645. The Morgan fingerprint density at radius 3 is 2.39 bits per heavy atom. The fourth-order valence-electron chi connectivity index (χ4n) is 8.36. The van der Waals surface area contributed by atoms with Crippen molar-refractivity contribution in [1.29, 1.82) is 0 Å². The second-order valence-corrected chi connectivity index (χ2v) is 17.5. The molecule has 2 saturated heterocycles. The first kappa shape index (κ1) is 41.8. The summed E-state index contributed by atoms with van der Waals surface area (Å²) in [6.45, 7) is 2.37. The Morgan fingerprint density at radius 1 is 0.982 bits per heavy atom. The third-order valence-electron chi connectivity index (χ3n) is 11.4. The topological polar surface area (TPSA) is 176 Å². The highest BCUT2D eigenvalue weighted by Gasteiger charge is 2.67. The Balaban J connectivity index is 1.25. The SMILES string of the molecule is CCOP(=O)(O)[C@@]12C[C@@H]1/C=C\CCCCC[C@H](NC(=O)OC1CCCC1)C(=O)N1C[C@H](OC(=O)Nc3cc(C(F)(F)F)ccc3N3CCCCC3)C[C@H]1C(=O)N2. The second-order valence-electron chi connectivity index (χ2n) is 15.4. The third-order valence-corrected chi connectivity index (χ3v) is 13.7. The van der Waals surface area contributed by atoms with E-state index in [0.717, 1.165) is 50.7 Å². The van der Waals surface area contributed by atoms with Crippen LogP contribution in [0.3, 0.4) is 0 Å². The summed E-state index contributed by atoms with van der Waals surface area (Å²) in [5.74, 6) is -1.91. The first-order valence-corrected chi connectivity index (χ1v) is 21.5. The zero-order valence-electron chi connectivity index (χ0n) is 31.7. The van der Waals surface area contributed by atoms with Gasteiger partial charge in [-0.05, 0) is 95.8 Å². The van der Waals surface area contributed by atoms with Crippen molar-refractivity contribution in [1.82, 2.24) is 15.5 Å². The minimum absolute atomic E-state index is 0.0867. The molecule has 1 aromatic carbocycles. The number of benzene rings is 1. The minimum atomic E-state index is -4.67. The molecule has 0 bridgehead atoms. The standard InChI is InChI=1S/C38H53F3N5O9P/c1-2-53-56(51,52)37-23-26(37)13-7-4-3-5-8-16-29(42-35(49)54-27-14-9-10-15-27)34(48)46-24-28(22-32(46)33(47)44-37)55-36(50)43-30-21-25(38(39,40)41)17-18-31(30)45-19-11-6-12-20-45/h7,13,17-18,21,26-29,32H,2-6,8-12,14-16,19-20,22-24H2,1H3,(H,42,49)(H,43,50)(H,44,47)(H,51,52)/b13-7-/t26-,28+,29-,32-,37-/m0/s1. The third kappa shape index (κ3) is 9.82. The number of nitrogens with zero attached hydrogens (tertiary/aromatic N) is 2. The molecule has 5 aliphatic rings. The normalized spacial score (nSPS) is 29.4. The number of anilines is 2. The summed E-state index contributed by atoms with van der Waals surface area (Å²) < 4.78 is 71.4. The highest BCUT2D eigenvalue weighted by molar-refractivity contribution is 7.55. The van der Waals surface area contributed by atoms with Crippen LogP contribution >= 0.6 is 7.60 Å². The Hall–Kier alpha value is -3.82. The van der Waals surface area contributed by atoms with Crippen LogP contribution in [0, 0.1) is 5.92 Å². The van der Waals surface area contributed by atoms with Crippen LogP contribution in [-0.4, -0.2) is 89.6 Å². The van der Waals surface area contributed by atoms with Crippen LogP contribution in [0.2, 0.25) is 0 Å². The van der Waals surface area contributed by atoms with E-state index in [-0.39, 0.29) is 44.2 Å². The predicted octanol–water partition coefficient (Wildman–Crippen LogP) is 6.83. The minimum Gasteiger partial charge on any atom is -0.446 e. The Kier molecular flexibility index (Phi) is 13.3. The fourth-order valence-corrected chi connectivity index (χ4v) is 10.1. The number of piperidine rings is 1. The average Bonchev–Trinajstić information content (AvgIpc) is 3.42. The van der Waals surface area contributed by atoms with Gasteiger partial charge in [-0.25, -0.2) is 9.59 Å². The van der Waals surface area contributed by atoms with Crippen molar-refractivity contribution in [3.8, 4) is 0 Å². The van der Waals surface area contributed by atoms with Crippen LogP contribution < -0.4 is 20.9 Å². The number of hydrogen-bond acceptors (Lipinski definition) is 9. The molecule has 1 unspecified atom stereocenters. The Morgan fingerprint density at radius 2 is 1.68 bits per heavy atom. The smallest absolute Gasteiger partial charge is 0.416 e. The summed E-state index contributed by atoms with van der Waals surface area (Å²) in [5, 5.41) is 6.28. The molecule has 56 heavy (non-hydrogen) atoms. The summed E-state index contributed by atoms with van der Waals surface area (Å²) in [4.78, 5) is 69.3. The fraction of sp³-hybridized carbons (Fsp3) is 0.684. The van der Waals surface area contributed by atoms with Crippen molar-refractivity contribution in [3.05, 3.63) is 35.9 Å². The molecule has 2 aliphatic carbocycles. The first-order chi connectivity index (χ1) is 26.7. The molecule has 1 aromatic rings. The number of amides is 4. The molecule has 0 aromatic heterocycles. The van der Waals surface area contributed by atoms with Gasteiger partial charge in [0.1, 0.15) is 29.6 Å². The molecule has 0 radical (unpaired) electrons. The summed E-state index contributed by atoms with van der Waals surface area (Å²) >= 11 is 0. The molecule has 3 aliphatic heterocycles. The van der Waals surface area contributed by atoms with Crippen LogP contribution in [0.5, 0.6) is 0 Å². The van der Waals surface area contributed by atoms with E-state index in [9.17, 15) is 41.8 Å². The van der Waals surface area contributed by atoms with E-state index in [0.29, 0.717) is 50.9 Å². The van der Waals surface area contributed by atoms with Crippen molar-refractivity contribution >= 4 is 43.0 Å². The van der Waals surface area contributed by atoms with Gasteiger partial charge in [-0.3, -0.25) is 19.5 Å². The van der Waals surface area contributed by atoms with Gasteiger partial charge in [-0.1, -0.05) is 25.0 Å². The van der Waals surface area contributed by atoms with E-state index in [4.69, 9.17) is 14.0 Å². The molecule has 6 atom stereocenters. The van der Waals surface area contributed by atoms with Gasteiger partial charge in [0.2, 0.25) is 11.8 Å². The molecular formula is C38H53F3N5O9P. The molecule has 4 N–H and O–H groups in total. The van der Waals surface area contributed by atoms with Gasteiger partial charge in [0.15, 0.2) is 0 Å². The predicted molar refractivity (Wildman–Crippen MR) is 200 cm³/mol. The van der Waals surface area contributed by atoms with Crippen LogP contribution in [0.1, 0.15) is 102 Å². The maximum absolute atomic E-state index is 14.4. The van der Waals surface area contributed by atoms with Crippen LogP contribution in [-0.2, 0) is 34.3 Å². The number of carbonyl (C=O) groups excluding carboxylic acids is 4. The number of fused-ring (bicyclic) bond motifs is 2. The first-order valence-electron chi connectivity index (χ1n) is 19.9. The highest BCUT2D eigenvalue weighted by atomic mass is 31.2. The number of halogens is 3. The zero-order valence-corrected chi connectivity index (χ0v) is 32.6. The lowest BCUT2D eigenvalue weighted by Crippen LogP contribution is -2.55. The lowest BCUT2D eigenvalue weighted by atomic mass is 10.0. The number of hydrogen-bond donors (Lipinski definition) is 4. The average molecular weight is 812 g/mol. The molecule has 0 spiro atoms. The van der Waals surface area contributed by atoms with Crippen molar-refractivity contribution < 1.29 is 55.8 Å². The van der Waals surface area contributed by atoms with E-state index in [1.165, 1.54) is 11.0 Å². The molecule has 2 saturated carbocycles. The maximum atomic E-state index is 14.4. The Labute approximate surface area is 324 Å². The van der Waals surface area contributed by atoms with Crippen molar-refractivity contribution in [2.24, 2.45) is 5.92 Å². The number of carbonyl (C=O) groups is 4. The number of ether oxygens (including phenoxy) is 2. The molecule has 4 amide bonds. The van der Waals surface area contributed by atoms with E-state index in [1.807, 2.05) is 11.0 Å². The van der Waals surface area contributed by atoms with Gasteiger partial charge < -0.3 is 39.3 Å². The van der Waals surface area contributed by atoms with E-state index in [1.54, 1.807) is 13.0 Å². The molecule has 3 heterocycles. The van der Waals surface area contributed by atoms with Gasteiger partial charge in [-0.2, -0.15) is 13.2 Å². The molecule has 310 valence electrons. The van der Waals surface area contributed by atoms with Gasteiger partial charge in [0, 0.05) is 25.4 Å². The monoisotopic (exact) mass is 811 g/mol. The molecular weight excluding hydrogens is 758 g/mol. The van der Waals surface area contributed by atoms with Gasteiger partial charge >= 0.3 is 26.0 Å². The van der Waals surface area contributed by atoms with E-state index >= 15 is 0 Å². The lowest BCUT2D eigenvalue weighted by Gasteiger charge is -2.31. The lowest BCUT2D eigenvalue weighted by molar-refractivity contribution is -0.140. The quantitative estimate of drug-likeness (QED) is 0.161. The van der Waals surface area contributed by atoms with E-state index < -0.39 is 72.7 Å². The van der Waals surface area contributed by atoms with Crippen LogP contribution in [0.15, 0.2) is 30.4 Å². The van der Waals surface area contributed by atoms with Gasteiger partial charge in [-0.15, -0.1) is 0 Å². The van der Waals surface area contributed by atoms with Crippen LogP contribution in [0.4, 0.5) is 34.1 Å². The second kappa shape index (κ2) is 17.8. The summed E-state index contributed by atoms with van der Waals surface area (Å²) in [6, 6.07) is 0.738. The number of allylic oxidation sites excluding steroid dienone is 1. The zero-order chi connectivity index (χ0) is 40.1. The van der Waals surface area contributed by atoms with Gasteiger partial charge in [0.05, 0.1) is 30.1 Å². The van der Waals surface area contributed by atoms with Crippen molar-refractivity contribution in [2.75, 3.05) is 36.5 Å². The summed E-state index contributed by atoms with van der Waals surface area (Å²) in [7, 11) is -4.42. The van der Waals surface area contributed by atoms with Gasteiger partial charge in [0.25, 0.3) is 0 Å². The highest BCUT2D eigenvalue weighted by Crippen LogP contribution is 2.70. The largest absolute Gasteiger partial charge is 0.446 e. The Bertz CT molecular complexity index is 1690. The summed E-state index contributed by atoms with van der Waals surface area (Å²) in [6.07, 6.45) is 4.55. The number of nitrogens with one attached hydrogen (secondary N) is 3.